The topological polar surface area (TPSA) is 27.3 Å². The van der Waals surface area contributed by atoms with Crippen molar-refractivity contribution in [1.29, 1.82) is 0 Å². The number of hydrazine groups is 1. The van der Waals surface area contributed by atoms with E-state index in [4.69, 9.17) is 16.0 Å². The molecule has 0 spiro atoms. The van der Waals surface area contributed by atoms with Gasteiger partial charge in [0.2, 0.25) is 7.98 Å². The number of rotatable bonds is 2. The fourth-order valence-electron chi connectivity index (χ4n) is 1.21. The minimum atomic E-state index is -0.954. The summed E-state index contributed by atoms with van der Waals surface area (Å²) in [6.45, 7) is 0.997. The molecule has 0 aromatic carbocycles. The van der Waals surface area contributed by atoms with Gasteiger partial charge in [-0.1, -0.05) is 0 Å². The van der Waals surface area contributed by atoms with Gasteiger partial charge < -0.3 is 10.6 Å². The van der Waals surface area contributed by atoms with Crippen molar-refractivity contribution >= 4 is 16.0 Å². The second-order valence-corrected chi connectivity index (χ2v) is 2.65. The number of hydrogen-bond acceptors (Lipinski definition) is 3. The Morgan fingerprint density at radius 1 is 1.45 bits per heavy atom. The third-order valence-corrected chi connectivity index (χ3v) is 1.94. The van der Waals surface area contributed by atoms with E-state index in [0.717, 1.165) is 0 Å². The molecule has 11 heavy (non-hydrogen) atoms. The van der Waals surface area contributed by atoms with E-state index in [1.54, 1.807) is 5.01 Å². The van der Waals surface area contributed by atoms with Crippen LogP contribution in [0.1, 0.15) is 6.42 Å². The van der Waals surface area contributed by atoms with Crippen molar-refractivity contribution in [2.24, 2.45) is 0 Å². The number of nitrogens with one attached hydrogen (secondary N) is 2. The Bertz CT molecular complexity index is 126. The third-order valence-electron chi connectivity index (χ3n) is 1.94. The Morgan fingerprint density at radius 3 is 2.64 bits per heavy atom. The summed E-state index contributed by atoms with van der Waals surface area (Å²) in [5.41, 5.74) is 0. The fourth-order valence-corrected chi connectivity index (χ4v) is 1.21. The van der Waals surface area contributed by atoms with Crippen molar-refractivity contribution in [2.75, 3.05) is 13.1 Å². The lowest BCUT2D eigenvalue weighted by Gasteiger charge is -2.34. The average molecular weight is 153 g/mol. The molecule has 1 heterocycles. The lowest BCUT2D eigenvalue weighted by molar-refractivity contribution is 0.0980. The standard InChI is InChI=1S/C5H10B2FN3/c6-9-5-1-2-11(10-7)3-4(5)8/h4-5,9-10H,1-3H2. The van der Waals surface area contributed by atoms with Crippen molar-refractivity contribution in [1.82, 2.24) is 15.6 Å². The van der Waals surface area contributed by atoms with Crippen LogP contribution in [0.3, 0.4) is 0 Å². The average Bonchev–Trinajstić information content (AvgIpc) is 2.04. The molecule has 1 rings (SSSR count). The van der Waals surface area contributed by atoms with Crippen molar-refractivity contribution < 1.29 is 4.39 Å². The number of halogens is 1. The summed E-state index contributed by atoms with van der Waals surface area (Å²) in [6.07, 6.45) is -0.285. The van der Waals surface area contributed by atoms with Crippen molar-refractivity contribution in [3.05, 3.63) is 0 Å². The Morgan fingerprint density at radius 2 is 2.18 bits per heavy atom. The molecule has 58 valence electrons. The second-order valence-electron chi connectivity index (χ2n) is 2.65. The van der Waals surface area contributed by atoms with Crippen LogP contribution >= 0.6 is 0 Å². The van der Waals surface area contributed by atoms with Gasteiger partial charge in [-0.3, -0.25) is 5.01 Å². The summed E-state index contributed by atoms with van der Waals surface area (Å²) in [4.78, 5) is 0. The Hall–Kier alpha value is -0.0601. The normalized spacial score (nSPS) is 33.9. The molecule has 2 N–H and O–H groups in total. The van der Waals surface area contributed by atoms with E-state index in [1.807, 2.05) is 0 Å². The van der Waals surface area contributed by atoms with E-state index in [-0.39, 0.29) is 12.6 Å². The predicted octanol–water partition coefficient (Wildman–Crippen LogP) is -1.34. The highest BCUT2D eigenvalue weighted by Crippen LogP contribution is 2.11. The summed E-state index contributed by atoms with van der Waals surface area (Å²) < 4.78 is 13.0. The molecular formula is C5H10B2FN3. The van der Waals surface area contributed by atoms with Gasteiger partial charge in [0.1, 0.15) is 6.17 Å². The smallest absolute Gasteiger partial charge is 0.202 e. The number of hydrogen-bond donors (Lipinski definition) is 2. The first-order valence-corrected chi connectivity index (χ1v) is 3.59. The molecule has 3 nitrogen and oxygen atoms in total. The zero-order chi connectivity index (χ0) is 8.27. The first-order valence-electron chi connectivity index (χ1n) is 3.59. The molecule has 0 saturated carbocycles. The predicted molar refractivity (Wildman–Crippen MR) is 42.7 cm³/mol. The van der Waals surface area contributed by atoms with E-state index in [0.29, 0.717) is 13.0 Å². The molecule has 1 aliphatic rings. The van der Waals surface area contributed by atoms with Gasteiger partial charge in [0.25, 0.3) is 0 Å². The molecule has 0 amide bonds. The van der Waals surface area contributed by atoms with Crippen molar-refractivity contribution in [3.63, 3.8) is 0 Å². The van der Waals surface area contributed by atoms with Gasteiger partial charge in [-0.05, 0) is 6.42 Å². The summed E-state index contributed by atoms with van der Waals surface area (Å²) in [6, 6.07) is -0.236. The Balaban J connectivity index is 2.34. The zero-order valence-electron chi connectivity index (χ0n) is 6.26. The minimum Gasteiger partial charge on any atom is -0.361 e. The number of nitrogens with zero attached hydrogens (tertiary/aromatic N) is 1. The van der Waals surface area contributed by atoms with Crippen LogP contribution in [-0.2, 0) is 0 Å². The quantitative estimate of drug-likeness (QED) is 0.480. The van der Waals surface area contributed by atoms with Gasteiger partial charge in [-0.2, -0.15) is 0 Å². The Kier molecular flexibility index (Phi) is 3.36. The first kappa shape index (κ1) is 9.03. The molecule has 4 radical (unpaired) electrons. The molecule has 1 fully saturated rings. The van der Waals surface area contributed by atoms with Gasteiger partial charge in [-0.15, -0.1) is 0 Å². The monoisotopic (exact) mass is 153 g/mol. The molecular weight excluding hydrogens is 143 g/mol. The van der Waals surface area contributed by atoms with Gasteiger partial charge in [0.15, 0.2) is 7.98 Å². The van der Waals surface area contributed by atoms with Crippen molar-refractivity contribution in [3.8, 4) is 0 Å². The largest absolute Gasteiger partial charge is 0.361 e. The molecule has 6 heteroatoms. The zero-order valence-corrected chi connectivity index (χ0v) is 6.26. The van der Waals surface area contributed by atoms with Crippen LogP contribution in [0.5, 0.6) is 0 Å². The third kappa shape index (κ3) is 2.18. The van der Waals surface area contributed by atoms with Crippen LogP contribution in [0, 0.1) is 0 Å². The summed E-state index contributed by atoms with van der Waals surface area (Å²) in [5, 5.41) is 6.46. The number of piperidine rings is 1. The second kappa shape index (κ2) is 4.09. The van der Waals surface area contributed by atoms with Gasteiger partial charge in [0.05, 0.1) is 0 Å². The molecule has 0 aromatic rings. The molecule has 0 aromatic heterocycles. The van der Waals surface area contributed by atoms with E-state index < -0.39 is 6.17 Å². The molecule has 0 aliphatic carbocycles. The van der Waals surface area contributed by atoms with Crippen LogP contribution in [0.2, 0.25) is 0 Å². The molecule has 0 bridgehead atoms. The van der Waals surface area contributed by atoms with Crippen LogP contribution < -0.4 is 10.6 Å². The first-order chi connectivity index (χ1) is 5.27. The summed E-state index contributed by atoms with van der Waals surface area (Å²) in [5.74, 6) is 0. The summed E-state index contributed by atoms with van der Waals surface area (Å²) >= 11 is 0. The molecule has 2 unspecified atom stereocenters. The van der Waals surface area contributed by atoms with E-state index in [9.17, 15) is 4.39 Å². The van der Waals surface area contributed by atoms with E-state index in [1.165, 1.54) is 0 Å². The highest BCUT2D eigenvalue weighted by molar-refractivity contribution is 6.04. The van der Waals surface area contributed by atoms with Crippen LogP contribution in [0.4, 0.5) is 4.39 Å². The van der Waals surface area contributed by atoms with Crippen molar-refractivity contribution in [2.45, 2.75) is 18.6 Å². The highest BCUT2D eigenvalue weighted by atomic mass is 19.1. The Labute approximate surface area is 68.5 Å². The van der Waals surface area contributed by atoms with E-state index in [2.05, 4.69) is 10.6 Å². The molecule has 1 aliphatic heterocycles. The van der Waals surface area contributed by atoms with Gasteiger partial charge >= 0.3 is 0 Å². The lowest BCUT2D eigenvalue weighted by Crippen LogP contribution is -2.53. The lowest BCUT2D eigenvalue weighted by atomic mass is 10.0. The molecule has 1 saturated heterocycles. The summed E-state index contributed by atoms with van der Waals surface area (Å²) in [7, 11) is 10.2. The maximum absolute atomic E-state index is 13.0. The highest BCUT2D eigenvalue weighted by Gasteiger charge is 2.26. The maximum Gasteiger partial charge on any atom is 0.202 e. The molecule has 2 atom stereocenters. The van der Waals surface area contributed by atoms with Crippen LogP contribution in [0.15, 0.2) is 0 Å². The van der Waals surface area contributed by atoms with Gasteiger partial charge in [0, 0.05) is 19.1 Å². The fraction of sp³-hybridized carbons (Fsp3) is 1.00. The SMILES string of the molecule is [B]NC1CCN(N[B])CC1F. The number of alkyl halides is 1. The maximum atomic E-state index is 13.0. The van der Waals surface area contributed by atoms with Gasteiger partial charge in [-0.25, -0.2) is 4.39 Å². The van der Waals surface area contributed by atoms with Crippen LogP contribution in [-0.4, -0.2) is 46.3 Å². The minimum absolute atomic E-state index is 0.236. The van der Waals surface area contributed by atoms with Crippen LogP contribution in [0.25, 0.3) is 0 Å². The van der Waals surface area contributed by atoms with E-state index >= 15 is 0 Å².